The van der Waals surface area contributed by atoms with Gasteiger partial charge in [0, 0.05) is 13.0 Å². The Morgan fingerprint density at radius 3 is 2.91 bits per heavy atom. The minimum Gasteiger partial charge on any atom is -0.467 e. The quantitative estimate of drug-likeness (QED) is 0.933. The van der Waals surface area contributed by atoms with E-state index < -0.39 is 5.92 Å². The molecule has 2 amide bonds. The molecule has 1 unspecified atom stereocenters. The zero-order chi connectivity index (χ0) is 16.2. The first kappa shape index (κ1) is 14.9. The highest BCUT2D eigenvalue weighted by molar-refractivity contribution is 6.01. The molecule has 1 aromatic heterocycles. The smallest absolute Gasteiger partial charge is 0.227 e. The van der Waals surface area contributed by atoms with Gasteiger partial charge in [-0.3, -0.25) is 9.59 Å². The van der Waals surface area contributed by atoms with Gasteiger partial charge in [-0.05, 0) is 24.3 Å². The fraction of sp³-hybridized carbons (Fsp3) is 0.235. The SMILES string of the molecule is N#Cc1ccccc1N1CC(C(=O)NCc2ccco2)CC1=O. The monoisotopic (exact) mass is 309 g/mol. The van der Waals surface area contributed by atoms with E-state index in [9.17, 15) is 9.59 Å². The van der Waals surface area contributed by atoms with Crippen LogP contribution < -0.4 is 10.2 Å². The number of nitrogens with zero attached hydrogens (tertiary/aromatic N) is 2. The van der Waals surface area contributed by atoms with Gasteiger partial charge in [-0.1, -0.05) is 12.1 Å². The second-order valence-corrected chi connectivity index (χ2v) is 5.33. The molecule has 1 atom stereocenters. The van der Waals surface area contributed by atoms with E-state index in [1.165, 1.54) is 4.90 Å². The van der Waals surface area contributed by atoms with Gasteiger partial charge in [0.1, 0.15) is 11.8 Å². The average molecular weight is 309 g/mol. The molecule has 3 rings (SSSR count). The number of para-hydroxylation sites is 1. The first-order valence-electron chi connectivity index (χ1n) is 7.28. The third-order valence-corrected chi connectivity index (χ3v) is 3.83. The van der Waals surface area contributed by atoms with E-state index in [2.05, 4.69) is 11.4 Å². The number of amides is 2. The highest BCUT2D eigenvalue weighted by Gasteiger charge is 2.35. The van der Waals surface area contributed by atoms with Gasteiger partial charge in [0.15, 0.2) is 0 Å². The van der Waals surface area contributed by atoms with Crippen molar-refractivity contribution in [1.29, 1.82) is 5.26 Å². The van der Waals surface area contributed by atoms with Crippen molar-refractivity contribution in [2.45, 2.75) is 13.0 Å². The standard InChI is InChI=1S/C17H15N3O3/c18-9-12-4-1-2-6-15(12)20-11-13(8-16(20)21)17(22)19-10-14-5-3-7-23-14/h1-7,13H,8,10-11H2,(H,19,22). The molecule has 2 heterocycles. The molecule has 2 aromatic rings. The molecule has 0 radical (unpaired) electrons. The molecule has 0 saturated carbocycles. The van der Waals surface area contributed by atoms with Crippen molar-refractivity contribution in [1.82, 2.24) is 5.32 Å². The van der Waals surface area contributed by atoms with Crippen LogP contribution in [0.4, 0.5) is 5.69 Å². The van der Waals surface area contributed by atoms with Crippen LogP contribution in [0, 0.1) is 17.2 Å². The van der Waals surface area contributed by atoms with Crippen molar-refractivity contribution in [3.63, 3.8) is 0 Å². The number of benzene rings is 1. The number of hydrogen-bond donors (Lipinski definition) is 1. The summed E-state index contributed by atoms with van der Waals surface area (Å²) < 4.78 is 5.16. The van der Waals surface area contributed by atoms with Gasteiger partial charge >= 0.3 is 0 Å². The van der Waals surface area contributed by atoms with Gasteiger partial charge in [-0.25, -0.2) is 0 Å². The lowest BCUT2D eigenvalue weighted by Crippen LogP contribution is -2.32. The van der Waals surface area contributed by atoms with Crippen molar-refractivity contribution in [2.24, 2.45) is 5.92 Å². The van der Waals surface area contributed by atoms with E-state index in [4.69, 9.17) is 9.68 Å². The summed E-state index contributed by atoms with van der Waals surface area (Å²) in [6.45, 7) is 0.576. The lowest BCUT2D eigenvalue weighted by Gasteiger charge is -2.17. The summed E-state index contributed by atoms with van der Waals surface area (Å²) in [6, 6.07) is 12.5. The largest absolute Gasteiger partial charge is 0.467 e. The normalized spacial score (nSPS) is 17.1. The minimum absolute atomic E-state index is 0.143. The Bertz CT molecular complexity index is 762. The van der Waals surface area contributed by atoms with E-state index in [-0.39, 0.29) is 24.8 Å². The van der Waals surface area contributed by atoms with E-state index in [0.717, 1.165) is 0 Å². The van der Waals surface area contributed by atoms with Gasteiger partial charge in [-0.15, -0.1) is 0 Å². The number of carbonyl (C=O) groups is 2. The second kappa shape index (κ2) is 6.36. The number of nitrogens with one attached hydrogen (secondary N) is 1. The Balaban J connectivity index is 1.67. The van der Waals surface area contributed by atoms with E-state index in [1.807, 2.05) is 0 Å². The van der Waals surface area contributed by atoms with Gasteiger partial charge in [0.25, 0.3) is 0 Å². The van der Waals surface area contributed by atoms with Crippen molar-refractivity contribution in [3.05, 3.63) is 54.0 Å². The Morgan fingerprint density at radius 2 is 2.17 bits per heavy atom. The number of carbonyl (C=O) groups excluding carboxylic acids is 2. The van der Waals surface area contributed by atoms with E-state index in [1.54, 1.807) is 42.7 Å². The predicted molar refractivity (Wildman–Crippen MR) is 82.2 cm³/mol. The van der Waals surface area contributed by atoms with Crippen LogP contribution in [0.25, 0.3) is 0 Å². The molecule has 23 heavy (non-hydrogen) atoms. The van der Waals surface area contributed by atoms with Crippen molar-refractivity contribution < 1.29 is 14.0 Å². The molecular weight excluding hydrogens is 294 g/mol. The number of furan rings is 1. The highest BCUT2D eigenvalue weighted by Crippen LogP contribution is 2.27. The summed E-state index contributed by atoms with van der Waals surface area (Å²) in [5.41, 5.74) is 0.985. The first-order valence-corrected chi connectivity index (χ1v) is 7.28. The summed E-state index contributed by atoms with van der Waals surface area (Å²) in [6.07, 6.45) is 1.69. The van der Waals surface area contributed by atoms with Gasteiger partial charge in [0.2, 0.25) is 11.8 Å². The van der Waals surface area contributed by atoms with Crippen molar-refractivity contribution >= 4 is 17.5 Å². The van der Waals surface area contributed by atoms with E-state index in [0.29, 0.717) is 23.6 Å². The van der Waals surface area contributed by atoms with Crippen LogP contribution in [0.2, 0.25) is 0 Å². The summed E-state index contributed by atoms with van der Waals surface area (Å²) in [5, 5.41) is 11.9. The lowest BCUT2D eigenvalue weighted by molar-refractivity contribution is -0.126. The van der Waals surface area contributed by atoms with Crippen LogP contribution in [0.5, 0.6) is 0 Å². The van der Waals surface area contributed by atoms with Crippen molar-refractivity contribution in [2.75, 3.05) is 11.4 Å². The molecule has 6 nitrogen and oxygen atoms in total. The Hall–Kier alpha value is -3.07. The molecule has 1 N–H and O–H groups in total. The molecular formula is C17H15N3O3. The maximum atomic E-state index is 12.2. The maximum Gasteiger partial charge on any atom is 0.227 e. The molecule has 1 aliphatic rings. The lowest BCUT2D eigenvalue weighted by atomic mass is 10.1. The zero-order valence-electron chi connectivity index (χ0n) is 12.4. The molecule has 1 fully saturated rings. The van der Waals surface area contributed by atoms with Gasteiger partial charge in [0.05, 0.1) is 30.0 Å². The first-order chi connectivity index (χ1) is 11.2. The summed E-state index contributed by atoms with van der Waals surface area (Å²) >= 11 is 0. The fourth-order valence-corrected chi connectivity index (χ4v) is 2.65. The highest BCUT2D eigenvalue weighted by atomic mass is 16.3. The average Bonchev–Trinajstić information content (AvgIpc) is 3.22. The Labute approximate surface area is 133 Å². The second-order valence-electron chi connectivity index (χ2n) is 5.33. The molecule has 1 aromatic carbocycles. The third-order valence-electron chi connectivity index (χ3n) is 3.83. The van der Waals surface area contributed by atoms with Crippen LogP contribution in [0.1, 0.15) is 17.7 Å². The van der Waals surface area contributed by atoms with Crippen molar-refractivity contribution in [3.8, 4) is 6.07 Å². The van der Waals surface area contributed by atoms with Crippen LogP contribution in [-0.4, -0.2) is 18.4 Å². The molecule has 6 heteroatoms. The summed E-state index contributed by atoms with van der Waals surface area (Å²) in [7, 11) is 0. The number of rotatable bonds is 4. The number of nitriles is 1. The minimum atomic E-state index is -0.427. The molecule has 1 saturated heterocycles. The van der Waals surface area contributed by atoms with E-state index >= 15 is 0 Å². The molecule has 1 aliphatic heterocycles. The zero-order valence-corrected chi connectivity index (χ0v) is 12.4. The van der Waals surface area contributed by atoms with Crippen LogP contribution >= 0.6 is 0 Å². The predicted octanol–water partition coefficient (Wildman–Crippen LogP) is 1.82. The summed E-state index contributed by atoms with van der Waals surface area (Å²) in [5.74, 6) is -0.101. The fourth-order valence-electron chi connectivity index (χ4n) is 2.65. The topological polar surface area (TPSA) is 86.3 Å². The van der Waals surface area contributed by atoms with Gasteiger partial charge in [-0.2, -0.15) is 5.26 Å². The van der Waals surface area contributed by atoms with Crippen LogP contribution in [0.15, 0.2) is 47.1 Å². The molecule has 116 valence electrons. The molecule has 0 bridgehead atoms. The van der Waals surface area contributed by atoms with Crippen LogP contribution in [-0.2, 0) is 16.1 Å². The number of hydrogen-bond acceptors (Lipinski definition) is 4. The maximum absolute atomic E-state index is 12.2. The summed E-state index contributed by atoms with van der Waals surface area (Å²) in [4.78, 5) is 25.9. The molecule has 0 spiro atoms. The van der Waals surface area contributed by atoms with Gasteiger partial charge < -0.3 is 14.6 Å². The Kier molecular flexibility index (Phi) is 4.11. The van der Waals surface area contributed by atoms with Crippen LogP contribution in [0.3, 0.4) is 0 Å². The Morgan fingerprint density at radius 1 is 1.35 bits per heavy atom. The molecule has 0 aliphatic carbocycles. The third kappa shape index (κ3) is 3.09. The number of anilines is 1.